The van der Waals surface area contributed by atoms with Gasteiger partial charge >= 0.3 is 5.97 Å². The number of amides is 2. The first-order valence-corrected chi connectivity index (χ1v) is 12.0. The number of hydrogen-bond acceptors (Lipinski definition) is 5. The molecular weight excluding hydrogens is 466 g/mol. The minimum Gasteiger partial charge on any atom is -0.452 e. The van der Waals surface area contributed by atoms with E-state index in [0.29, 0.717) is 34.3 Å². The fourth-order valence-corrected chi connectivity index (χ4v) is 4.50. The molecule has 0 radical (unpaired) electrons. The Morgan fingerprint density at radius 1 is 0.865 bits per heavy atom. The van der Waals surface area contributed by atoms with E-state index in [-0.39, 0.29) is 5.91 Å². The third-order valence-electron chi connectivity index (χ3n) is 6.11. The Bertz CT molecular complexity index is 1530. The highest BCUT2D eigenvalue weighted by atomic mass is 16.5. The second-order valence-corrected chi connectivity index (χ2v) is 8.79. The number of ether oxygens (including phenoxy) is 1. The highest BCUT2D eigenvalue weighted by Gasteiger charge is 2.28. The Balaban J connectivity index is 1.35. The van der Waals surface area contributed by atoms with E-state index in [4.69, 9.17) is 9.72 Å². The van der Waals surface area contributed by atoms with Crippen molar-refractivity contribution in [2.24, 2.45) is 0 Å². The van der Waals surface area contributed by atoms with E-state index in [1.54, 1.807) is 24.3 Å². The lowest BCUT2D eigenvalue weighted by atomic mass is 10.0. The number of nitrogens with one attached hydrogen (secondary N) is 2. The molecule has 0 aliphatic heterocycles. The first-order valence-electron chi connectivity index (χ1n) is 12.0. The van der Waals surface area contributed by atoms with Gasteiger partial charge in [-0.05, 0) is 65.9 Å². The molecule has 37 heavy (non-hydrogen) atoms. The molecule has 1 heterocycles. The van der Waals surface area contributed by atoms with Gasteiger partial charge in [0.05, 0.1) is 16.8 Å². The highest BCUT2D eigenvalue weighted by Crippen LogP contribution is 2.37. The van der Waals surface area contributed by atoms with Crippen molar-refractivity contribution >= 4 is 51.7 Å². The van der Waals surface area contributed by atoms with Crippen molar-refractivity contribution in [2.45, 2.75) is 19.8 Å². The molecule has 0 spiro atoms. The van der Waals surface area contributed by atoms with Crippen LogP contribution >= 0.6 is 0 Å². The fraction of sp³-hybridized carbons (Fsp3) is 0.133. The minimum absolute atomic E-state index is 0.179. The third kappa shape index (κ3) is 5.41. The molecule has 7 heteroatoms. The number of nitrogens with zero attached hydrogens (tertiary/aromatic N) is 1. The number of carbonyl (C=O) groups is 3. The van der Waals surface area contributed by atoms with Gasteiger partial charge in [-0.2, -0.15) is 0 Å². The molecule has 5 rings (SSSR count). The molecule has 0 atom stereocenters. The summed E-state index contributed by atoms with van der Waals surface area (Å²) in [7, 11) is 0. The Kier molecular flexibility index (Phi) is 6.76. The summed E-state index contributed by atoms with van der Waals surface area (Å²) >= 11 is 0. The molecule has 3 aromatic carbocycles. The second kappa shape index (κ2) is 10.5. The summed E-state index contributed by atoms with van der Waals surface area (Å²) in [5.74, 6) is -1.19. The smallest absolute Gasteiger partial charge is 0.339 e. The number of rotatable bonds is 6. The van der Waals surface area contributed by atoms with Crippen LogP contribution in [0.1, 0.15) is 40.5 Å². The summed E-state index contributed by atoms with van der Waals surface area (Å²) in [5, 5.41) is 6.08. The summed E-state index contributed by atoms with van der Waals surface area (Å²) in [4.78, 5) is 41.8. The molecule has 2 amide bonds. The van der Waals surface area contributed by atoms with E-state index in [1.165, 1.54) is 6.92 Å². The Morgan fingerprint density at radius 3 is 2.27 bits per heavy atom. The topological polar surface area (TPSA) is 97.4 Å². The molecule has 4 aromatic rings. The first kappa shape index (κ1) is 23.9. The van der Waals surface area contributed by atoms with Crippen molar-refractivity contribution in [3.8, 4) is 0 Å². The van der Waals surface area contributed by atoms with Crippen molar-refractivity contribution in [1.29, 1.82) is 0 Å². The molecule has 1 aliphatic carbocycles. The summed E-state index contributed by atoms with van der Waals surface area (Å²) in [6, 6.07) is 24.2. The van der Waals surface area contributed by atoms with Gasteiger partial charge in [0.1, 0.15) is 0 Å². The molecule has 184 valence electrons. The predicted octanol–water partition coefficient (Wildman–Crippen LogP) is 5.48. The third-order valence-corrected chi connectivity index (χ3v) is 6.11. The van der Waals surface area contributed by atoms with Gasteiger partial charge in [-0.15, -0.1) is 0 Å². The normalized spacial score (nSPS) is 13.3. The number of para-hydroxylation sites is 1. The molecular formula is C30H25N3O4. The Labute approximate surface area is 214 Å². The number of allylic oxidation sites excluding steroid dienone is 1. The molecule has 1 aromatic heterocycles. The number of anilines is 2. The number of benzene rings is 3. The van der Waals surface area contributed by atoms with Crippen LogP contribution in [-0.2, 0) is 20.7 Å². The number of pyridine rings is 1. The highest BCUT2D eigenvalue weighted by molar-refractivity contribution is 6.08. The number of esters is 1. The number of carbonyl (C=O) groups excluding carboxylic acids is 3. The zero-order valence-electron chi connectivity index (χ0n) is 20.3. The van der Waals surface area contributed by atoms with E-state index < -0.39 is 18.5 Å². The summed E-state index contributed by atoms with van der Waals surface area (Å²) < 4.78 is 5.47. The minimum atomic E-state index is -0.549. The van der Waals surface area contributed by atoms with E-state index in [2.05, 4.69) is 16.7 Å². The van der Waals surface area contributed by atoms with Crippen LogP contribution in [-0.4, -0.2) is 29.4 Å². The van der Waals surface area contributed by atoms with E-state index in [0.717, 1.165) is 28.8 Å². The van der Waals surface area contributed by atoms with Gasteiger partial charge in [0.2, 0.25) is 5.91 Å². The van der Waals surface area contributed by atoms with Crippen LogP contribution in [0.25, 0.3) is 22.6 Å². The van der Waals surface area contributed by atoms with Crippen LogP contribution < -0.4 is 10.6 Å². The molecule has 0 saturated carbocycles. The molecule has 0 unspecified atom stereocenters. The van der Waals surface area contributed by atoms with Gasteiger partial charge in [-0.3, -0.25) is 9.59 Å². The second-order valence-electron chi connectivity index (χ2n) is 8.79. The lowest BCUT2D eigenvalue weighted by Crippen LogP contribution is -2.21. The maximum absolute atomic E-state index is 13.3. The summed E-state index contributed by atoms with van der Waals surface area (Å²) in [5.41, 5.74) is 6.12. The Morgan fingerprint density at radius 2 is 1.54 bits per heavy atom. The lowest BCUT2D eigenvalue weighted by Gasteiger charge is -2.13. The zero-order valence-corrected chi connectivity index (χ0v) is 20.3. The summed E-state index contributed by atoms with van der Waals surface area (Å²) in [6.45, 7) is 0.996. The molecule has 1 aliphatic rings. The molecule has 0 fully saturated rings. The van der Waals surface area contributed by atoms with Crippen LogP contribution in [0, 0.1) is 0 Å². The van der Waals surface area contributed by atoms with Gasteiger partial charge in [0.15, 0.2) is 6.61 Å². The van der Waals surface area contributed by atoms with Gasteiger partial charge in [-0.25, -0.2) is 9.78 Å². The molecule has 7 nitrogen and oxygen atoms in total. The van der Waals surface area contributed by atoms with Gasteiger partial charge in [0.25, 0.3) is 5.91 Å². The van der Waals surface area contributed by atoms with Crippen LogP contribution in [0.2, 0.25) is 0 Å². The van der Waals surface area contributed by atoms with Crippen molar-refractivity contribution in [3.05, 3.63) is 101 Å². The van der Waals surface area contributed by atoms with E-state index >= 15 is 0 Å². The van der Waals surface area contributed by atoms with E-state index in [1.807, 2.05) is 54.6 Å². The number of fused-ring (bicyclic) bond motifs is 2. The number of aromatic nitrogens is 1. The van der Waals surface area contributed by atoms with Gasteiger partial charge in [0, 0.05) is 23.7 Å². The summed E-state index contributed by atoms with van der Waals surface area (Å²) in [6.07, 6.45) is 3.54. The van der Waals surface area contributed by atoms with Crippen LogP contribution in [0.4, 0.5) is 11.4 Å². The quantitative estimate of drug-likeness (QED) is 0.348. The average Bonchev–Trinajstić information content (AvgIpc) is 3.29. The first-order chi connectivity index (χ1) is 18.0. The molecule has 0 saturated heterocycles. The maximum Gasteiger partial charge on any atom is 0.339 e. The zero-order chi connectivity index (χ0) is 25.8. The SMILES string of the molecule is CC(=O)Nc1ccc(NC(=O)COC(=O)c2c3c(nc4ccccc24)/C(=C\c2ccccc2)CC3)cc1. The van der Waals surface area contributed by atoms with Crippen molar-refractivity contribution in [1.82, 2.24) is 4.98 Å². The lowest BCUT2D eigenvalue weighted by molar-refractivity contribution is -0.119. The van der Waals surface area contributed by atoms with E-state index in [9.17, 15) is 14.4 Å². The van der Waals surface area contributed by atoms with Crippen LogP contribution in [0.3, 0.4) is 0 Å². The molecule has 2 N–H and O–H groups in total. The van der Waals surface area contributed by atoms with Crippen LogP contribution in [0.15, 0.2) is 78.9 Å². The number of hydrogen-bond donors (Lipinski definition) is 2. The van der Waals surface area contributed by atoms with Crippen LogP contribution in [0.5, 0.6) is 0 Å². The monoisotopic (exact) mass is 491 g/mol. The van der Waals surface area contributed by atoms with Crippen molar-refractivity contribution < 1.29 is 19.1 Å². The largest absolute Gasteiger partial charge is 0.452 e. The maximum atomic E-state index is 13.3. The average molecular weight is 492 g/mol. The van der Waals surface area contributed by atoms with Crippen molar-refractivity contribution in [2.75, 3.05) is 17.2 Å². The van der Waals surface area contributed by atoms with Crippen molar-refractivity contribution in [3.63, 3.8) is 0 Å². The molecule has 0 bridgehead atoms. The predicted molar refractivity (Wildman–Crippen MR) is 144 cm³/mol. The van der Waals surface area contributed by atoms with Gasteiger partial charge in [-0.1, -0.05) is 48.5 Å². The Hall–Kier alpha value is -4.78. The fourth-order valence-electron chi connectivity index (χ4n) is 4.50. The standard InChI is InChI=1S/C30H25N3O4/c1-19(34)31-22-12-14-23(15-13-22)32-27(35)18-37-30(36)28-24-9-5-6-10-26(24)33-29-21(11-16-25(28)29)17-20-7-3-2-4-8-20/h2-10,12-15,17H,11,16,18H2,1H3,(H,31,34)(H,32,35)/b21-17-. The van der Waals surface area contributed by atoms with Gasteiger partial charge < -0.3 is 15.4 Å².